The molecule has 5 nitrogen and oxygen atoms in total. The van der Waals surface area contributed by atoms with Crippen LogP contribution in [0.25, 0.3) is 6.08 Å². The molecule has 0 amide bonds. The van der Waals surface area contributed by atoms with E-state index in [0.717, 1.165) is 44.6 Å². The van der Waals surface area contributed by atoms with E-state index in [1.807, 2.05) is 30.3 Å². The van der Waals surface area contributed by atoms with Gasteiger partial charge in [-0.2, -0.15) is 4.31 Å². The highest BCUT2D eigenvalue weighted by atomic mass is 32.2. The fourth-order valence-corrected chi connectivity index (χ4v) is 4.39. The maximum Gasteiger partial charge on any atom is 0.236 e. The highest BCUT2D eigenvalue weighted by molar-refractivity contribution is 7.92. The van der Waals surface area contributed by atoms with Gasteiger partial charge in [-0.1, -0.05) is 30.3 Å². The van der Waals surface area contributed by atoms with Crippen LogP contribution in [0, 0.1) is 0 Å². The van der Waals surface area contributed by atoms with Crippen molar-refractivity contribution in [2.24, 2.45) is 0 Å². The van der Waals surface area contributed by atoms with Crippen LogP contribution in [0.2, 0.25) is 0 Å². The van der Waals surface area contributed by atoms with Crippen molar-refractivity contribution in [1.82, 2.24) is 9.21 Å². The van der Waals surface area contributed by atoms with E-state index in [0.29, 0.717) is 19.2 Å². The Balaban J connectivity index is 1.50. The Hall–Kier alpha value is -1.21. The first-order chi connectivity index (χ1) is 11.6. The molecule has 0 bridgehead atoms. The number of sulfonamides is 1. The summed E-state index contributed by atoms with van der Waals surface area (Å²) >= 11 is 0. The lowest BCUT2D eigenvalue weighted by molar-refractivity contribution is -0.0102. The second-order valence-corrected chi connectivity index (χ2v) is 8.27. The highest BCUT2D eigenvalue weighted by Crippen LogP contribution is 2.16. The minimum absolute atomic E-state index is 0.319. The van der Waals surface area contributed by atoms with Gasteiger partial charge >= 0.3 is 0 Å². The summed E-state index contributed by atoms with van der Waals surface area (Å²) in [4.78, 5) is 2.32. The second kappa shape index (κ2) is 8.25. The van der Waals surface area contributed by atoms with Gasteiger partial charge in [0.15, 0.2) is 0 Å². The van der Waals surface area contributed by atoms with Crippen molar-refractivity contribution in [3.63, 3.8) is 0 Å². The van der Waals surface area contributed by atoms with Crippen LogP contribution in [0.1, 0.15) is 24.8 Å². The van der Waals surface area contributed by atoms with E-state index < -0.39 is 10.0 Å². The predicted octanol–water partition coefficient (Wildman–Crippen LogP) is 2.17. The molecular weight excluding hydrogens is 324 g/mol. The van der Waals surface area contributed by atoms with Crippen LogP contribution in [-0.2, 0) is 14.8 Å². The van der Waals surface area contributed by atoms with E-state index in [1.165, 1.54) is 11.8 Å². The van der Waals surface area contributed by atoms with Crippen molar-refractivity contribution in [1.29, 1.82) is 0 Å². The van der Waals surface area contributed by atoms with Crippen LogP contribution in [0.3, 0.4) is 0 Å². The number of hydrogen-bond acceptors (Lipinski definition) is 4. The van der Waals surface area contributed by atoms with E-state index in [4.69, 9.17) is 4.74 Å². The second-order valence-electron chi connectivity index (χ2n) is 6.45. The maximum absolute atomic E-state index is 12.5. The summed E-state index contributed by atoms with van der Waals surface area (Å²) in [6, 6.07) is 9.51. The standard InChI is InChI=1S/C18H26N2O3S/c21-24(22,15-9-17-6-2-1-3-7-17)20-12-10-19(11-13-20)16-18-8-4-5-14-23-18/h1-3,6-7,9,15,18H,4-5,8,10-14,16H2/b15-9+/t18-/m1/s1. The number of benzene rings is 1. The average molecular weight is 350 g/mol. The Morgan fingerprint density at radius 2 is 1.83 bits per heavy atom. The minimum atomic E-state index is -3.34. The van der Waals surface area contributed by atoms with E-state index in [-0.39, 0.29) is 0 Å². The molecule has 0 N–H and O–H groups in total. The largest absolute Gasteiger partial charge is 0.377 e. The molecule has 0 aliphatic carbocycles. The van der Waals surface area contributed by atoms with Crippen molar-refractivity contribution < 1.29 is 13.2 Å². The summed E-state index contributed by atoms with van der Waals surface area (Å²) in [6.07, 6.45) is 5.51. The summed E-state index contributed by atoms with van der Waals surface area (Å²) < 4.78 is 32.3. The minimum Gasteiger partial charge on any atom is -0.377 e. The van der Waals surface area contributed by atoms with Gasteiger partial charge in [0, 0.05) is 44.7 Å². The van der Waals surface area contributed by atoms with Gasteiger partial charge in [0.05, 0.1) is 6.10 Å². The molecular formula is C18H26N2O3S. The van der Waals surface area contributed by atoms with E-state index in [9.17, 15) is 8.42 Å². The molecule has 2 aliphatic rings. The molecule has 3 rings (SSSR count). The zero-order valence-corrected chi connectivity index (χ0v) is 14.8. The Morgan fingerprint density at radius 3 is 2.50 bits per heavy atom. The Morgan fingerprint density at radius 1 is 1.08 bits per heavy atom. The summed E-state index contributed by atoms with van der Waals surface area (Å²) in [6.45, 7) is 4.44. The number of ether oxygens (including phenoxy) is 1. The molecule has 0 radical (unpaired) electrons. The Bertz CT molecular complexity index is 631. The van der Waals surface area contributed by atoms with Gasteiger partial charge in [-0.05, 0) is 30.9 Å². The van der Waals surface area contributed by atoms with Crippen LogP contribution in [0.15, 0.2) is 35.7 Å². The molecule has 2 heterocycles. The molecule has 1 atom stereocenters. The van der Waals surface area contributed by atoms with Crippen LogP contribution in [0.5, 0.6) is 0 Å². The van der Waals surface area contributed by atoms with Gasteiger partial charge in [0.2, 0.25) is 10.0 Å². The molecule has 0 spiro atoms. The van der Waals surface area contributed by atoms with Gasteiger partial charge in [0.25, 0.3) is 0 Å². The lowest BCUT2D eigenvalue weighted by Crippen LogP contribution is -2.50. The predicted molar refractivity (Wildman–Crippen MR) is 96.0 cm³/mol. The number of rotatable bonds is 5. The highest BCUT2D eigenvalue weighted by Gasteiger charge is 2.26. The molecule has 2 fully saturated rings. The topological polar surface area (TPSA) is 49.9 Å². The van der Waals surface area contributed by atoms with Gasteiger partial charge in [-0.15, -0.1) is 0 Å². The van der Waals surface area contributed by atoms with Crippen molar-refractivity contribution in [2.75, 3.05) is 39.3 Å². The van der Waals surface area contributed by atoms with Gasteiger partial charge < -0.3 is 4.74 Å². The first kappa shape index (κ1) is 17.6. The van der Waals surface area contributed by atoms with E-state index in [2.05, 4.69) is 4.90 Å². The third-order valence-electron chi connectivity index (χ3n) is 4.66. The fourth-order valence-electron chi connectivity index (χ4n) is 3.22. The molecule has 2 aliphatic heterocycles. The molecule has 1 aromatic rings. The fraction of sp³-hybridized carbons (Fsp3) is 0.556. The van der Waals surface area contributed by atoms with Crippen molar-refractivity contribution >= 4 is 16.1 Å². The first-order valence-corrected chi connectivity index (χ1v) is 10.2. The normalized spacial score (nSPS) is 24.4. The molecule has 0 unspecified atom stereocenters. The maximum atomic E-state index is 12.5. The Labute approximate surface area is 145 Å². The van der Waals surface area contributed by atoms with Crippen LogP contribution in [-0.4, -0.2) is 63.1 Å². The number of nitrogens with zero attached hydrogens (tertiary/aromatic N) is 2. The smallest absolute Gasteiger partial charge is 0.236 e. The zero-order chi connectivity index (χ0) is 16.8. The molecule has 24 heavy (non-hydrogen) atoms. The summed E-state index contributed by atoms with van der Waals surface area (Å²) in [7, 11) is -3.34. The lowest BCUT2D eigenvalue weighted by Gasteiger charge is -2.36. The summed E-state index contributed by atoms with van der Waals surface area (Å²) in [5.41, 5.74) is 0.897. The van der Waals surface area contributed by atoms with Crippen molar-refractivity contribution in [3.8, 4) is 0 Å². The van der Waals surface area contributed by atoms with Crippen LogP contribution >= 0.6 is 0 Å². The molecule has 132 valence electrons. The zero-order valence-electron chi connectivity index (χ0n) is 14.0. The van der Waals surface area contributed by atoms with E-state index >= 15 is 0 Å². The molecule has 2 saturated heterocycles. The van der Waals surface area contributed by atoms with Crippen LogP contribution < -0.4 is 0 Å². The summed E-state index contributed by atoms with van der Waals surface area (Å²) in [5, 5.41) is 1.32. The van der Waals surface area contributed by atoms with Crippen molar-refractivity contribution in [3.05, 3.63) is 41.3 Å². The van der Waals surface area contributed by atoms with Gasteiger partial charge in [-0.3, -0.25) is 4.90 Å². The molecule has 0 aromatic heterocycles. The van der Waals surface area contributed by atoms with Gasteiger partial charge in [-0.25, -0.2) is 8.42 Å². The quantitative estimate of drug-likeness (QED) is 0.817. The first-order valence-electron chi connectivity index (χ1n) is 8.71. The van der Waals surface area contributed by atoms with Crippen LogP contribution in [0.4, 0.5) is 0 Å². The molecule has 6 heteroatoms. The lowest BCUT2D eigenvalue weighted by atomic mass is 10.1. The molecule has 0 saturated carbocycles. The number of hydrogen-bond donors (Lipinski definition) is 0. The molecule has 1 aromatic carbocycles. The monoisotopic (exact) mass is 350 g/mol. The SMILES string of the molecule is O=S(=O)(/C=C/c1ccccc1)N1CCN(C[C@H]2CCCCO2)CC1. The van der Waals surface area contributed by atoms with Gasteiger partial charge in [0.1, 0.15) is 0 Å². The van der Waals surface area contributed by atoms with E-state index in [1.54, 1.807) is 10.4 Å². The Kier molecular flexibility index (Phi) is 6.05. The third kappa shape index (κ3) is 4.89. The third-order valence-corrected chi connectivity index (χ3v) is 6.22. The average Bonchev–Trinajstić information content (AvgIpc) is 2.62. The number of piperazine rings is 1. The van der Waals surface area contributed by atoms with Crippen molar-refractivity contribution in [2.45, 2.75) is 25.4 Å². The summed E-state index contributed by atoms with van der Waals surface area (Å²) in [5.74, 6) is 0.